The standard InChI is InChI=1S/C14H17ClN2O2/c1-11(15)14(18)17(9-3-8-16)10-12-4-6-13(19-2)7-5-12/h4-7,11H,3,9-10H2,1-2H3. The van der Waals surface area contributed by atoms with Crippen LogP contribution in [0.5, 0.6) is 5.75 Å². The number of nitrogens with zero attached hydrogens (tertiary/aromatic N) is 2. The van der Waals surface area contributed by atoms with Crippen molar-refractivity contribution in [2.75, 3.05) is 13.7 Å². The number of rotatable bonds is 6. The highest BCUT2D eigenvalue weighted by molar-refractivity contribution is 6.30. The zero-order chi connectivity index (χ0) is 14.3. The molecule has 19 heavy (non-hydrogen) atoms. The number of nitriles is 1. The Bertz CT molecular complexity index is 452. The van der Waals surface area contributed by atoms with E-state index in [2.05, 4.69) is 0 Å². The maximum absolute atomic E-state index is 11.9. The fourth-order valence-electron chi connectivity index (χ4n) is 1.66. The Hall–Kier alpha value is -1.73. The van der Waals surface area contributed by atoms with Crippen molar-refractivity contribution in [2.24, 2.45) is 0 Å². The SMILES string of the molecule is COc1ccc(CN(CCC#N)C(=O)C(C)Cl)cc1. The van der Waals surface area contributed by atoms with Crippen molar-refractivity contribution in [3.63, 3.8) is 0 Å². The average molecular weight is 281 g/mol. The molecule has 0 bridgehead atoms. The van der Waals surface area contributed by atoms with Crippen LogP contribution in [0.2, 0.25) is 0 Å². The van der Waals surface area contributed by atoms with Gasteiger partial charge in [0.15, 0.2) is 0 Å². The number of alkyl halides is 1. The highest BCUT2D eigenvalue weighted by Gasteiger charge is 2.18. The number of methoxy groups -OCH3 is 1. The van der Waals surface area contributed by atoms with Crippen LogP contribution in [0.4, 0.5) is 0 Å². The lowest BCUT2D eigenvalue weighted by Crippen LogP contribution is -2.35. The molecular formula is C14H17ClN2O2. The summed E-state index contributed by atoms with van der Waals surface area (Å²) in [6, 6.07) is 9.50. The van der Waals surface area contributed by atoms with E-state index < -0.39 is 5.38 Å². The molecule has 0 spiro atoms. The molecule has 0 aliphatic rings. The Balaban J connectivity index is 2.75. The lowest BCUT2D eigenvalue weighted by Gasteiger charge is -2.23. The van der Waals surface area contributed by atoms with Gasteiger partial charge in [-0.15, -0.1) is 11.6 Å². The van der Waals surface area contributed by atoms with Crippen LogP contribution in [0.1, 0.15) is 18.9 Å². The molecule has 0 heterocycles. The summed E-state index contributed by atoms with van der Waals surface area (Å²) in [5, 5.41) is 8.05. The monoisotopic (exact) mass is 280 g/mol. The Labute approximate surface area is 118 Å². The van der Waals surface area contributed by atoms with Crippen LogP contribution in [0, 0.1) is 11.3 Å². The number of ether oxygens (including phenoxy) is 1. The van der Waals surface area contributed by atoms with Crippen molar-refractivity contribution in [3.8, 4) is 11.8 Å². The molecule has 1 rings (SSSR count). The van der Waals surface area contributed by atoms with Crippen LogP contribution in [0.3, 0.4) is 0 Å². The summed E-state index contributed by atoms with van der Waals surface area (Å²) >= 11 is 5.82. The van der Waals surface area contributed by atoms with E-state index in [1.54, 1.807) is 18.9 Å². The molecule has 1 aromatic carbocycles. The van der Waals surface area contributed by atoms with E-state index in [4.69, 9.17) is 21.6 Å². The summed E-state index contributed by atoms with van der Waals surface area (Å²) in [7, 11) is 1.60. The lowest BCUT2D eigenvalue weighted by molar-refractivity contribution is -0.131. The summed E-state index contributed by atoms with van der Waals surface area (Å²) in [6.45, 7) is 2.47. The first-order valence-corrected chi connectivity index (χ1v) is 6.45. The summed E-state index contributed by atoms with van der Waals surface area (Å²) in [6.07, 6.45) is 0.297. The maximum atomic E-state index is 11.9. The molecule has 0 radical (unpaired) electrons. The van der Waals surface area contributed by atoms with Gasteiger partial charge in [0.2, 0.25) is 5.91 Å². The first-order chi connectivity index (χ1) is 9.08. The second kappa shape index (κ2) is 7.65. The topological polar surface area (TPSA) is 53.3 Å². The van der Waals surface area contributed by atoms with Gasteiger partial charge in [0, 0.05) is 13.1 Å². The van der Waals surface area contributed by atoms with E-state index in [0.29, 0.717) is 19.5 Å². The molecule has 1 atom stereocenters. The molecule has 0 N–H and O–H groups in total. The van der Waals surface area contributed by atoms with Crippen LogP contribution in [0.15, 0.2) is 24.3 Å². The van der Waals surface area contributed by atoms with Gasteiger partial charge >= 0.3 is 0 Å². The number of benzene rings is 1. The second-order valence-corrected chi connectivity index (χ2v) is 4.79. The van der Waals surface area contributed by atoms with Gasteiger partial charge in [0.05, 0.1) is 19.6 Å². The number of carbonyl (C=O) groups excluding carboxylic acids is 1. The van der Waals surface area contributed by atoms with Crippen molar-refractivity contribution in [1.29, 1.82) is 5.26 Å². The minimum atomic E-state index is -0.586. The van der Waals surface area contributed by atoms with Crippen molar-refractivity contribution in [2.45, 2.75) is 25.3 Å². The van der Waals surface area contributed by atoms with Gasteiger partial charge in [-0.3, -0.25) is 4.79 Å². The Morgan fingerprint density at radius 3 is 2.58 bits per heavy atom. The van der Waals surface area contributed by atoms with Gasteiger partial charge in [-0.1, -0.05) is 12.1 Å². The fourth-order valence-corrected chi connectivity index (χ4v) is 1.79. The molecule has 102 valence electrons. The van der Waals surface area contributed by atoms with E-state index in [1.165, 1.54) is 0 Å². The van der Waals surface area contributed by atoms with Crippen LogP contribution in [-0.4, -0.2) is 29.8 Å². The molecule has 0 fully saturated rings. The third kappa shape index (κ3) is 4.80. The summed E-state index contributed by atoms with van der Waals surface area (Å²) < 4.78 is 5.08. The third-order valence-electron chi connectivity index (χ3n) is 2.68. The molecule has 5 heteroatoms. The highest BCUT2D eigenvalue weighted by Crippen LogP contribution is 2.14. The zero-order valence-electron chi connectivity index (χ0n) is 11.1. The van der Waals surface area contributed by atoms with Crippen molar-refractivity contribution < 1.29 is 9.53 Å². The first-order valence-electron chi connectivity index (χ1n) is 6.01. The van der Waals surface area contributed by atoms with E-state index >= 15 is 0 Å². The van der Waals surface area contributed by atoms with Gasteiger partial charge in [-0.2, -0.15) is 5.26 Å². The zero-order valence-corrected chi connectivity index (χ0v) is 11.9. The van der Waals surface area contributed by atoms with Crippen molar-refractivity contribution in [1.82, 2.24) is 4.90 Å². The number of halogens is 1. The smallest absolute Gasteiger partial charge is 0.240 e. The van der Waals surface area contributed by atoms with Gasteiger partial charge in [-0.25, -0.2) is 0 Å². The van der Waals surface area contributed by atoms with Gasteiger partial charge in [-0.05, 0) is 24.6 Å². The Morgan fingerprint density at radius 2 is 2.11 bits per heavy atom. The Kier molecular flexibility index (Phi) is 6.17. The van der Waals surface area contributed by atoms with Crippen LogP contribution >= 0.6 is 11.6 Å². The molecule has 0 saturated heterocycles. The molecule has 1 amide bonds. The number of hydrogen-bond donors (Lipinski definition) is 0. The minimum absolute atomic E-state index is 0.160. The fraction of sp³-hybridized carbons (Fsp3) is 0.429. The molecule has 0 aromatic heterocycles. The first kappa shape index (κ1) is 15.3. The normalized spacial score (nSPS) is 11.5. The van der Waals surface area contributed by atoms with E-state index in [1.807, 2.05) is 30.3 Å². The quantitative estimate of drug-likeness (QED) is 0.753. The maximum Gasteiger partial charge on any atom is 0.240 e. The third-order valence-corrected chi connectivity index (χ3v) is 2.86. The number of hydrogen-bond acceptors (Lipinski definition) is 3. The van der Waals surface area contributed by atoms with Crippen LogP contribution in [-0.2, 0) is 11.3 Å². The van der Waals surface area contributed by atoms with Crippen LogP contribution in [0.25, 0.3) is 0 Å². The molecule has 1 aromatic rings. The lowest BCUT2D eigenvalue weighted by atomic mass is 10.2. The highest BCUT2D eigenvalue weighted by atomic mass is 35.5. The molecule has 0 saturated carbocycles. The predicted octanol–water partition coefficient (Wildman–Crippen LogP) is 2.56. The van der Waals surface area contributed by atoms with Crippen molar-refractivity contribution in [3.05, 3.63) is 29.8 Å². The molecule has 0 aliphatic carbocycles. The summed E-state index contributed by atoms with van der Waals surface area (Å²) in [5.74, 6) is 0.608. The molecule has 4 nitrogen and oxygen atoms in total. The van der Waals surface area contributed by atoms with E-state index in [-0.39, 0.29) is 5.91 Å². The van der Waals surface area contributed by atoms with Crippen LogP contribution < -0.4 is 4.74 Å². The molecular weight excluding hydrogens is 264 g/mol. The van der Waals surface area contributed by atoms with E-state index in [9.17, 15) is 4.79 Å². The average Bonchev–Trinajstić information content (AvgIpc) is 2.43. The predicted molar refractivity (Wildman–Crippen MR) is 74.0 cm³/mol. The molecule has 1 unspecified atom stereocenters. The minimum Gasteiger partial charge on any atom is -0.497 e. The van der Waals surface area contributed by atoms with Crippen molar-refractivity contribution >= 4 is 17.5 Å². The number of amides is 1. The summed E-state index contributed by atoms with van der Waals surface area (Å²) in [5.41, 5.74) is 0.976. The van der Waals surface area contributed by atoms with E-state index in [0.717, 1.165) is 11.3 Å². The molecule has 0 aliphatic heterocycles. The largest absolute Gasteiger partial charge is 0.497 e. The van der Waals surface area contributed by atoms with Gasteiger partial charge < -0.3 is 9.64 Å². The van der Waals surface area contributed by atoms with Gasteiger partial charge in [0.25, 0.3) is 0 Å². The Morgan fingerprint density at radius 1 is 1.47 bits per heavy atom. The number of carbonyl (C=O) groups is 1. The second-order valence-electron chi connectivity index (χ2n) is 4.13. The summed E-state index contributed by atoms with van der Waals surface area (Å²) in [4.78, 5) is 13.5. The van der Waals surface area contributed by atoms with Gasteiger partial charge in [0.1, 0.15) is 11.1 Å².